The number of aryl methyl sites for hydroxylation is 1. The van der Waals surface area contributed by atoms with Crippen LogP contribution in [0.2, 0.25) is 5.02 Å². The van der Waals surface area contributed by atoms with Gasteiger partial charge in [-0.2, -0.15) is 0 Å². The summed E-state index contributed by atoms with van der Waals surface area (Å²) in [5.41, 5.74) is 2.65. The first-order valence-corrected chi connectivity index (χ1v) is 10.9. The van der Waals surface area contributed by atoms with Gasteiger partial charge in [0.15, 0.2) is 0 Å². The van der Waals surface area contributed by atoms with E-state index in [4.69, 9.17) is 21.7 Å². The molecule has 0 radical (unpaired) electrons. The van der Waals surface area contributed by atoms with Gasteiger partial charge >= 0.3 is 0 Å². The molecular weight excluding hydrogens is 396 g/mol. The topological polar surface area (TPSA) is 79.5 Å². The van der Waals surface area contributed by atoms with E-state index in [1.165, 1.54) is 0 Å². The van der Waals surface area contributed by atoms with Crippen LogP contribution in [0.25, 0.3) is 10.9 Å². The number of nitrogens with zero attached hydrogens (tertiary/aromatic N) is 3. The number of fused-ring (bicyclic) bond motifs is 1. The molecule has 0 amide bonds. The first-order chi connectivity index (χ1) is 13.3. The van der Waals surface area contributed by atoms with Crippen molar-refractivity contribution in [1.29, 1.82) is 0 Å². The fraction of sp³-hybridized carbons (Fsp3) is 0.250. The van der Waals surface area contributed by atoms with Crippen LogP contribution in [0.1, 0.15) is 5.56 Å². The van der Waals surface area contributed by atoms with Crippen LogP contribution in [0.15, 0.2) is 53.4 Å². The van der Waals surface area contributed by atoms with Crippen LogP contribution in [0, 0.1) is 6.92 Å². The van der Waals surface area contributed by atoms with E-state index in [2.05, 4.69) is 9.80 Å². The van der Waals surface area contributed by atoms with E-state index in [9.17, 15) is 8.42 Å². The number of pyridine rings is 1. The zero-order chi connectivity index (χ0) is 19.9. The third kappa shape index (κ3) is 3.53. The van der Waals surface area contributed by atoms with Gasteiger partial charge in [-0.3, -0.25) is 0 Å². The number of para-hydroxylation sites is 1. The van der Waals surface area contributed by atoms with Crippen LogP contribution in [-0.4, -0.2) is 39.6 Å². The molecule has 1 aliphatic rings. The van der Waals surface area contributed by atoms with Gasteiger partial charge in [0.2, 0.25) is 10.0 Å². The molecule has 8 heteroatoms. The van der Waals surface area contributed by atoms with E-state index in [0.717, 1.165) is 35.4 Å². The summed E-state index contributed by atoms with van der Waals surface area (Å²) in [4.78, 5) is 9.24. The maximum Gasteiger partial charge on any atom is 0.240 e. The van der Waals surface area contributed by atoms with Crippen molar-refractivity contribution >= 4 is 44.0 Å². The Hall–Kier alpha value is -2.35. The number of halogens is 1. The molecule has 0 saturated carbocycles. The molecule has 0 bridgehead atoms. The minimum absolute atomic E-state index is 0.164. The minimum atomic E-state index is -3.76. The summed E-state index contributed by atoms with van der Waals surface area (Å²) in [6, 6.07) is 14.7. The second kappa shape index (κ2) is 7.24. The van der Waals surface area contributed by atoms with Crippen molar-refractivity contribution < 1.29 is 8.42 Å². The largest absolute Gasteiger partial charge is 0.367 e. The van der Waals surface area contributed by atoms with Gasteiger partial charge in [-0.05, 0) is 42.8 Å². The molecule has 1 saturated heterocycles. The Morgan fingerprint density at radius 1 is 0.964 bits per heavy atom. The summed E-state index contributed by atoms with van der Waals surface area (Å²) >= 11 is 6.29. The summed E-state index contributed by atoms with van der Waals surface area (Å²) in [5.74, 6) is 0.900. The number of sulfonamides is 1. The summed E-state index contributed by atoms with van der Waals surface area (Å²) in [7, 11) is -3.76. The number of nitrogens with two attached hydrogens (primary N) is 1. The highest BCUT2D eigenvalue weighted by Gasteiger charge is 2.23. The highest BCUT2D eigenvalue weighted by Crippen LogP contribution is 2.29. The third-order valence-corrected chi connectivity index (χ3v) is 6.40. The SMILES string of the molecule is Cc1ccc(Cl)c2ccc(N3CCN(c4ccccc4S(N)(=O)=O)CC3)nc12. The maximum absolute atomic E-state index is 11.9. The van der Waals surface area contributed by atoms with Gasteiger partial charge < -0.3 is 9.80 Å². The Kier molecular flexibility index (Phi) is 4.91. The molecule has 6 nitrogen and oxygen atoms in total. The van der Waals surface area contributed by atoms with Crippen molar-refractivity contribution in [3.63, 3.8) is 0 Å². The highest BCUT2D eigenvalue weighted by atomic mass is 35.5. The number of anilines is 2. The molecule has 146 valence electrons. The van der Waals surface area contributed by atoms with Crippen molar-refractivity contribution in [1.82, 2.24) is 4.98 Å². The van der Waals surface area contributed by atoms with Crippen molar-refractivity contribution in [2.45, 2.75) is 11.8 Å². The predicted molar refractivity (Wildman–Crippen MR) is 114 cm³/mol. The standard InChI is InChI=1S/C20H21ClN4O2S/c1-14-6-8-16(21)15-7-9-19(23-20(14)15)25-12-10-24(11-13-25)17-4-2-3-5-18(17)28(22,26)27/h2-9H,10-13H2,1H3,(H2,22,26,27). The number of hydrogen-bond donors (Lipinski definition) is 1. The molecule has 1 aliphatic heterocycles. The second-order valence-electron chi connectivity index (χ2n) is 6.92. The summed E-state index contributed by atoms with van der Waals surface area (Å²) in [6.45, 7) is 4.85. The van der Waals surface area contributed by atoms with Gasteiger partial charge in [-0.25, -0.2) is 18.5 Å². The third-order valence-electron chi connectivity index (χ3n) is 5.11. The quantitative estimate of drug-likeness (QED) is 0.709. The van der Waals surface area contributed by atoms with Gasteiger partial charge in [-0.1, -0.05) is 29.8 Å². The smallest absolute Gasteiger partial charge is 0.240 e. The van der Waals surface area contributed by atoms with Gasteiger partial charge in [0.05, 0.1) is 11.2 Å². The van der Waals surface area contributed by atoms with Crippen LogP contribution >= 0.6 is 11.6 Å². The van der Waals surface area contributed by atoms with E-state index in [1.54, 1.807) is 18.2 Å². The summed E-state index contributed by atoms with van der Waals surface area (Å²) in [5, 5.41) is 7.02. The Balaban J connectivity index is 1.57. The Labute approximate surface area is 169 Å². The molecule has 0 spiro atoms. The monoisotopic (exact) mass is 416 g/mol. The van der Waals surface area contributed by atoms with Gasteiger partial charge in [0, 0.05) is 36.6 Å². The Bertz CT molecular complexity index is 1140. The molecule has 1 fully saturated rings. The number of primary sulfonamides is 1. The van der Waals surface area contributed by atoms with Crippen molar-refractivity contribution in [2.24, 2.45) is 5.14 Å². The van der Waals surface area contributed by atoms with Crippen LogP contribution < -0.4 is 14.9 Å². The van der Waals surface area contributed by atoms with Gasteiger partial charge in [0.25, 0.3) is 0 Å². The zero-order valence-electron chi connectivity index (χ0n) is 15.5. The molecule has 1 aromatic heterocycles. The molecule has 0 unspecified atom stereocenters. The number of piperazine rings is 1. The molecule has 4 rings (SSSR count). The molecule has 2 aromatic carbocycles. The molecule has 3 aromatic rings. The first-order valence-electron chi connectivity index (χ1n) is 9.02. The lowest BCUT2D eigenvalue weighted by Gasteiger charge is -2.37. The minimum Gasteiger partial charge on any atom is -0.367 e. The highest BCUT2D eigenvalue weighted by molar-refractivity contribution is 7.89. The number of rotatable bonds is 3. The van der Waals surface area contributed by atoms with E-state index >= 15 is 0 Å². The zero-order valence-corrected chi connectivity index (χ0v) is 17.0. The van der Waals surface area contributed by atoms with E-state index in [-0.39, 0.29) is 4.90 Å². The number of benzene rings is 2. The predicted octanol–water partition coefficient (Wildman–Crippen LogP) is 3.17. The van der Waals surface area contributed by atoms with E-state index in [1.807, 2.05) is 37.3 Å². The number of hydrogen-bond acceptors (Lipinski definition) is 5. The lowest BCUT2D eigenvalue weighted by molar-refractivity contribution is 0.595. The second-order valence-corrected chi connectivity index (χ2v) is 8.85. The van der Waals surface area contributed by atoms with Crippen LogP contribution in [0.3, 0.4) is 0 Å². The van der Waals surface area contributed by atoms with Crippen LogP contribution in [0.4, 0.5) is 11.5 Å². The van der Waals surface area contributed by atoms with Crippen molar-refractivity contribution in [3.8, 4) is 0 Å². The lowest BCUT2D eigenvalue weighted by Crippen LogP contribution is -2.47. The summed E-state index contributed by atoms with van der Waals surface area (Å²) in [6.07, 6.45) is 0. The fourth-order valence-electron chi connectivity index (χ4n) is 3.62. The summed E-state index contributed by atoms with van der Waals surface area (Å²) < 4.78 is 23.8. The van der Waals surface area contributed by atoms with E-state index in [0.29, 0.717) is 23.8 Å². The Morgan fingerprint density at radius 3 is 2.36 bits per heavy atom. The lowest BCUT2D eigenvalue weighted by atomic mass is 10.1. The van der Waals surface area contributed by atoms with Crippen molar-refractivity contribution in [2.75, 3.05) is 36.0 Å². The normalized spacial score (nSPS) is 15.2. The van der Waals surface area contributed by atoms with E-state index < -0.39 is 10.0 Å². The van der Waals surface area contributed by atoms with Gasteiger partial charge in [0.1, 0.15) is 10.7 Å². The molecule has 2 heterocycles. The van der Waals surface area contributed by atoms with Crippen molar-refractivity contribution in [3.05, 3.63) is 59.1 Å². The number of aromatic nitrogens is 1. The maximum atomic E-state index is 11.9. The van der Waals surface area contributed by atoms with Crippen LogP contribution in [0.5, 0.6) is 0 Å². The molecule has 2 N–H and O–H groups in total. The average Bonchev–Trinajstić information content (AvgIpc) is 2.70. The molecular formula is C20H21ClN4O2S. The molecule has 0 atom stereocenters. The Morgan fingerprint density at radius 2 is 1.64 bits per heavy atom. The average molecular weight is 417 g/mol. The molecule has 28 heavy (non-hydrogen) atoms. The molecule has 0 aliphatic carbocycles. The van der Waals surface area contributed by atoms with Crippen LogP contribution in [-0.2, 0) is 10.0 Å². The van der Waals surface area contributed by atoms with Gasteiger partial charge in [-0.15, -0.1) is 0 Å². The fourth-order valence-corrected chi connectivity index (χ4v) is 4.59. The first kappa shape index (κ1) is 19.0.